The number of hydrogen-bond donors (Lipinski definition) is 3. The van der Waals surface area contributed by atoms with Crippen LogP contribution in [-0.2, 0) is 19.1 Å². The van der Waals surface area contributed by atoms with Crippen molar-refractivity contribution >= 4 is 46.6 Å². The second kappa shape index (κ2) is 20.7. The Morgan fingerprint density at radius 3 is 2.26 bits per heavy atom. The monoisotopic (exact) mass is 925 g/mol. The van der Waals surface area contributed by atoms with Crippen LogP contribution in [0.1, 0.15) is 109 Å². The molecule has 346 valence electrons. The van der Waals surface area contributed by atoms with Gasteiger partial charge in [-0.15, -0.1) is 10.2 Å². The van der Waals surface area contributed by atoms with E-state index in [4.69, 9.17) is 25.8 Å². The van der Waals surface area contributed by atoms with Gasteiger partial charge in [0.05, 0.1) is 23.2 Å². The van der Waals surface area contributed by atoms with E-state index in [-0.39, 0.29) is 53.3 Å². The summed E-state index contributed by atoms with van der Waals surface area (Å²) in [5.41, 5.74) is 3.05. The van der Waals surface area contributed by atoms with Crippen LogP contribution in [0.25, 0.3) is 10.6 Å². The fourth-order valence-electron chi connectivity index (χ4n) is 9.10. The van der Waals surface area contributed by atoms with Crippen molar-refractivity contribution in [1.29, 1.82) is 5.26 Å². The van der Waals surface area contributed by atoms with Gasteiger partial charge < -0.3 is 35.1 Å². The highest BCUT2D eigenvalue weighted by molar-refractivity contribution is 7.12. The van der Waals surface area contributed by atoms with Crippen molar-refractivity contribution in [2.24, 2.45) is 16.2 Å². The number of unbranched alkanes of at least 4 members (excludes halogenated alkanes) is 1. The standard InChI is InChI=1S/C49H60ClN7O7S/c1-30(31-13-15-33(16-14-31)43-56-52-29-65-43)53-42(60)38-12-11-23-57(38)44(61)40(47(2,3)4)54-39(58)28-62-24-9-10-25-63-35-20-17-32(18-21-35)41(59)55-45-48(5,6)46(49(45,7)8)64-36-22-19-34(27-51)37(50)26-36/h13-22,26,29-30,38,40,45-46H,9-12,23-25,28H2,1-8H3,(H,53,60)(H,54,58)(H,55,59)/t30-,38-,40+,45-,46-/m0/s1. The normalized spacial score (nSPS) is 19.5. The second-order valence-corrected chi connectivity index (χ2v) is 20.3. The zero-order chi connectivity index (χ0) is 47.1. The van der Waals surface area contributed by atoms with Gasteiger partial charge in [0.15, 0.2) is 0 Å². The molecule has 2 aliphatic rings. The van der Waals surface area contributed by atoms with Gasteiger partial charge in [-0.2, -0.15) is 5.26 Å². The number of rotatable bonds is 18. The maximum Gasteiger partial charge on any atom is 0.251 e. The first-order valence-corrected chi connectivity index (χ1v) is 23.3. The minimum Gasteiger partial charge on any atom is -0.494 e. The van der Waals surface area contributed by atoms with Crippen molar-refractivity contribution in [3.63, 3.8) is 0 Å². The zero-order valence-electron chi connectivity index (χ0n) is 38.4. The van der Waals surface area contributed by atoms with E-state index in [0.717, 1.165) is 16.1 Å². The van der Waals surface area contributed by atoms with Crippen molar-refractivity contribution in [2.75, 3.05) is 26.4 Å². The van der Waals surface area contributed by atoms with Crippen molar-refractivity contribution in [2.45, 2.75) is 111 Å². The van der Waals surface area contributed by atoms with Gasteiger partial charge >= 0.3 is 0 Å². The first-order valence-electron chi connectivity index (χ1n) is 22.1. The Morgan fingerprint density at radius 1 is 0.954 bits per heavy atom. The number of carbonyl (C=O) groups is 4. The lowest BCUT2D eigenvalue weighted by Gasteiger charge is -2.63. The number of ether oxygens (including phenoxy) is 3. The molecule has 16 heteroatoms. The molecular formula is C49H60ClN7O7S. The van der Waals surface area contributed by atoms with E-state index < -0.39 is 23.4 Å². The van der Waals surface area contributed by atoms with Crippen LogP contribution < -0.4 is 25.4 Å². The molecule has 1 saturated heterocycles. The molecule has 0 spiro atoms. The number of nitriles is 1. The number of likely N-dealkylation sites (tertiary alicyclic amines) is 1. The minimum atomic E-state index is -0.853. The highest BCUT2D eigenvalue weighted by atomic mass is 35.5. The van der Waals surface area contributed by atoms with E-state index in [1.165, 1.54) is 11.3 Å². The third-order valence-corrected chi connectivity index (χ3v) is 13.4. The van der Waals surface area contributed by atoms with Crippen LogP contribution in [0.4, 0.5) is 0 Å². The fourth-order valence-corrected chi connectivity index (χ4v) is 9.87. The molecule has 65 heavy (non-hydrogen) atoms. The molecule has 2 fully saturated rings. The Morgan fingerprint density at radius 2 is 1.63 bits per heavy atom. The van der Waals surface area contributed by atoms with Crippen LogP contribution in [0, 0.1) is 27.6 Å². The number of halogens is 1. The van der Waals surface area contributed by atoms with Gasteiger partial charge in [0.1, 0.15) is 52.9 Å². The average molecular weight is 927 g/mol. The molecule has 4 amide bonds. The Bertz CT molecular complexity index is 2330. The SMILES string of the molecule is C[C@H](NC(=O)[C@@H]1CCCN1C(=O)[C@@H](NC(=O)COCCCCOc1ccc(C(=O)N[C@H]2C(C)(C)[C@H](Oc3ccc(C#N)c(Cl)c3)C2(C)C)cc1)C(C)(C)C)c1ccc(-c2nncs2)cc1. The maximum absolute atomic E-state index is 14.0. The van der Waals surface area contributed by atoms with Crippen molar-refractivity contribution < 1.29 is 33.4 Å². The summed E-state index contributed by atoms with van der Waals surface area (Å²) in [4.78, 5) is 55.6. The molecule has 14 nitrogen and oxygen atoms in total. The molecule has 3 N–H and O–H groups in total. The summed E-state index contributed by atoms with van der Waals surface area (Å²) < 4.78 is 17.9. The molecule has 3 atom stereocenters. The van der Waals surface area contributed by atoms with Gasteiger partial charge in [-0.3, -0.25) is 19.2 Å². The van der Waals surface area contributed by atoms with Gasteiger partial charge in [0.25, 0.3) is 5.91 Å². The van der Waals surface area contributed by atoms with Crippen LogP contribution in [0.15, 0.2) is 72.2 Å². The highest BCUT2D eigenvalue weighted by Crippen LogP contribution is 2.55. The van der Waals surface area contributed by atoms with Crippen molar-refractivity contribution in [1.82, 2.24) is 31.0 Å². The summed E-state index contributed by atoms with van der Waals surface area (Å²) in [7, 11) is 0. The molecule has 3 aromatic carbocycles. The van der Waals surface area contributed by atoms with Gasteiger partial charge in [-0.25, -0.2) is 0 Å². The molecule has 0 radical (unpaired) electrons. The summed E-state index contributed by atoms with van der Waals surface area (Å²) >= 11 is 7.69. The Balaban J connectivity index is 0.892. The summed E-state index contributed by atoms with van der Waals surface area (Å²) in [6.07, 6.45) is 2.32. The Labute approximate surface area is 390 Å². The van der Waals surface area contributed by atoms with E-state index in [2.05, 4.69) is 59.9 Å². The van der Waals surface area contributed by atoms with Crippen LogP contribution in [-0.4, -0.2) is 89.3 Å². The largest absolute Gasteiger partial charge is 0.494 e. The van der Waals surface area contributed by atoms with Crippen molar-refractivity contribution in [3.8, 4) is 28.1 Å². The number of carbonyl (C=O) groups excluding carboxylic acids is 4. The predicted octanol–water partition coefficient (Wildman–Crippen LogP) is 7.92. The van der Waals surface area contributed by atoms with Gasteiger partial charge in [-0.05, 0) is 80.0 Å². The molecular weight excluding hydrogens is 866 g/mol. The molecule has 2 heterocycles. The lowest BCUT2D eigenvalue weighted by Crippen LogP contribution is -2.74. The third-order valence-electron chi connectivity index (χ3n) is 12.4. The first kappa shape index (κ1) is 48.9. The smallest absolute Gasteiger partial charge is 0.251 e. The van der Waals surface area contributed by atoms with Gasteiger partial charge in [-0.1, -0.05) is 95.7 Å². The molecule has 6 rings (SSSR count). The maximum atomic E-state index is 14.0. The summed E-state index contributed by atoms with van der Waals surface area (Å²) in [5, 5.41) is 27.5. The minimum absolute atomic E-state index is 0.172. The molecule has 4 aromatic rings. The van der Waals surface area contributed by atoms with Gasteiger partial charge in [0, 0.05) is 47.2 Å². The van der Waals surface area contributed by atoms with E-state index in [0.29, 0.717) is 73.1 Å². The number of nitrogens with zero attached hydrogens (tertiary/aromatic N) is 4. The number of aromatic nitrogens is 2. The van der Waals surface area contributed by atoms with Crippen LogP contribution in [0.2, 0.25) is 5.02 Å². The third kappa shape index (κ3) is 11.6. The quantitative estimate of drug-likeness (QED) is 0.0829. The van der Waals surface area contributed by atoms with E-state index >= 15 is 0 Å². The van der Waals surface area contributed by atoms with Gasteiger partial charge in [0.2, 0.25) is 17.7 Å². The molecule has 1 aliphatic heterocycles. The number of hydrogen-bond acceptors (Lipinski definition) is 11. The summed E-state index contributed by atoms with van der Waals surface area (Å²) in [6, 6.07) is 19.9. The number of nitrogens with one attached hydrogen (secondary N) is 3. The number of amides is 4. The molecule has 0 unspecified atom stereocenters. The van der Waals surface area contributed by atoms with Crippen molar-refractivity contribution in [3.05, 3.63) is 94.0 Å². The lowest BCUT2D eigenvalue weighted by molar-refractivity contribution is -0.164. The molecule has 0 bridgehead atoms. The van der Waals surface area contributed by atoms with Crippen LogP contribution in [0.3, 0.4) is 0 Å². The number of benzene rings is 3. The lowest BCUT2D eigenvalue weighted by atomic mass is 9.49. The Kier molecular flexibility index (Phi) is 15.6. The average Bonchev–Trinajstić information content (AvgIpc) is 4.00. The second-order valence-electron chi connectivity index (χ2n) is 19.1. The summed E-state index contributed by atoms with van der Waals surface area (Å²) in [6.45, 7) is 16.8. The highest BCUT2D eigenvalue weighted by Gasteiger charge is 2.64. The first-order chi connectivity index (χ1) is 30.8. The summed E-state index contributed by atoms with van der Waals surface area (Å²) in [5.74, 6) is 0.0806. The van der Waals surface area contributed by atoms with E-state index in [1.54, 1.807) is 52.9 Å². The van der Waals surface area contributed by atoms with E-state index in [1.807, 2.05) is 52.0 Å². The van der Waals surface area contributed by atoms with Crippen LogP contribution >= 0.6 is 22.9 Å². The predicted molar refractivity (Wildman–Crippen MR) is 249 cm³/mol. The molecule has 1 aromatic heterocycles. The fraction of sp³-hybridized carbons (Fsp3) is 0.490. The molecule has 1 saturated carbocycles. The Hall–Kier alpha value is -5.56. The van der Waals surface area contributed by atoms with Crippen LogP contribution in [0.5, 0.6) is 11.5 Å². The van der Waals surface area contributed by atoms with E-state index in [9.17, 15) is 24.4 Å². The topological polar surface area (TPSA) is 185 Å². The zero-order valence-corrected chi connectivity index (χ0v) is 40.0. The molecule has 1 aliphatic carbocycles.